The van der Waals surface area contributed by atoms with Gasteiger partial charge in [-0.05, 0) is 87.6 Å². The minimum Gasteiger partial charge on any atom is -0.342 e. The van der Waals surface area contributed by atoms with Gasteiger partial charge in [0.2, 0.25) is 5.91 Å². The van der Waals surface area contributed by atoms with Crippen LogP contribution in [0.2, 0.25) is 0 Å². The highest BCUT2D eigenvalue weighted by molar-refractivity contribution is 5.85. The van der Waals surface area contributed by atoms with Crippen LogP contribution in [0, 0.1) is 29.6 Å². The predicted octanol–water partition coefficient (Wildman–Crippen LogP) is 3.08. The zero-order valence-corrected chi connectivity index (χ0v) is 14.6. The highest BCUT2D eigenvalue weighted by Crippen LogP contribution is 2.55. The number of rotatable bonds is 3. The van der Waals surface area contributed by atoms with Gasteiger partial charge in [0, 0.05) is 19.5 Å². The molecule has 0 aromatic rings. The van der Waals surface area contributed by atoms with Crippen molar-refractivity contribution in [3.63, 3.8) is 0 Å². The van der Waals surface area contributed by atoms with Gasteiger partial charge in [-0.15, -0.1) is 12.4 Å². The number of piperidine rings is 1. The van der Waals surface area contributed by atoms with Crippen molar-refractivity contribution in [2.45, 2.75) is 57.4 Å². The zero-order valence-electron chi connectivity index (χ0n) is 13.8. The molecular weight excluding hydrogens is 296 g/mol. The van der Waals surface area contributed by atoms with Crippen LogP contribution < -0.4 is 5.32 Å². The molecular formula is C18H31ClN2O. The summed E-state index contributed by atoms with van der Waals surface area (Å²) in [5.74, 6) is 4.69. The normalized spacial score (nSPS) is 40.3. The third-order valence-electron chi connectivity index (χ3n) is 6.94. The van der Waals surface area contributed by atoms with Crippen LogP contribution in [-0.4, -0.2) is 37.0 Å². The monoisotopic (exact) mass is 326 g/mol. The van der Waals surface area contributed by atoms with Crippen LogP contribution in [0.25, 0.3) is 0 Å². The van der Waals surface area contributed by atoms with Gasteiger partial charge < -0.3 is 10.2 Å². The number of nitrogens with one attached hydrogen (secondary N) is 1. The van der Waals surface area contributed by atoms with E-state index in [2.05, 4.69) is 17.3 Å². The van der Waals surface area contributed by atoms with Gasteiger partial charge in [-0.25, -0.2) is 0 Å². The van der Waals surface area contributed by atoms with Crippen molar-refractivity contribution < 1.29 is 4.79 Å². The van der Waals surface area contributed by atoms with E-state index in [0.29, 0.717) is 17.9 Å². The predicted molar refractivity (Wildman–Crippen MR) is 91.1 cm³/mol. The van der Waals surface area contributed by atoms with Gasteiger partial charge in [-0.2, -0.15) is 0 Å². The summed E-state index contributed by atoms with van der Waals surface area (Å²) in [5, 5.41) is 3.40. The van der Waals surface area contributed by atoms with Gasteiger partial charge in [0.1, 0.15) is 0 Å². The Bertz CT molecular complexity index is 380. The van der Waals surface area contributed by atoms with Crippen LogP contribution in [0.15, 0.2) is 0 Å². The van der Waals surface area contributed by atoms with Gasteiger partial charge in [0.25, 0.3) is 0 Å². The molecule has 1 N–H and O–H groups in total. The van der Waals surface area contributed by atoms with E-state index in [0.717, 1.165) is 43.2 Å². The van der Waals surface area contributed by atoms with Crippen molar-refractivity contribution >= 4 is 18.3 Å². The second-order valence-electron chi connectivity index (χ2n) is 8.32. The van der Waals surface area contributed by atoms with Gasteiger partial charge in [0.05, 0.1) is 0 Å². The lowest BCUT2D eigenvalue weighted by atomic mass is 9.54. The van der Waals surface area contributed by atoms with Crippen molar-refractivity contribution in [2.24, 2.45) is 29.6 Å². The van der Waals surface area contributed by atoms with Crippen LogP contribution in [0.4, 0.5) is 0 Å². The molecule has 5 aliphatic rings. The molecule has 3 nitrogen and oxygen atoms in total. The molecule has 1 saturated heterocycles. The topological polar surface area (TPSA) is 32.3 Å². The van der Waals surface area contributed by atoms with Gasteiger partial charge >= 0.3 is 0 Å². The number of carbonyl (C=O) groups is 1. The number of hydrogen-bond acceptors (Lipinski definition) is 2. The third-order valence-corrected chi connectivity index (χ3v) is 6.94. The highest BCUT2D eigenvalue weighted by Gasteiger charge is 2.50. The van der Waals surface area contributed by atoms with Crippen LogP contribution in [0.3, 0.4) is 0 Å². The molecule has 1 aliphatic heterocycles. The van der Waals surface area contributed by atoms with E-state index in [9.17, 15) is 4.79 Å². The van der Waals surface area contributed by atoms with Crippen molar-refractivity contribution in [1.29, 1.82) is 0 Å². The Labute approximate surface area is 141 Å². The fourth-order valence-corrected chi connectivity index (χ4v) is 6.17. The standard InChI is InChI=1S/C18H30N2O.ClH/c1-20(17(21)11-12-2-4-19-5-3-12)18-15-7-13-6-14(9-15)10-16(18)8-13;/h12-16,18-19H,2-11H2,1H3;1H. The molecule has 0 unspecified atom stereocenters. The first-order valence-corrected chi connectivity index (χ1v) is 9.17. The molecule has 0 atom stereocenters. The maximum atomic E-state index is 12.7. The van der Waals surface area contributed by atoms with E-state index in [1.807, 2.05) is 0 Å². The number of halogens is 1. The Morgan fingerprint density at radius 2 is 1.55 bits per heavy atom. The average Bonchev–Trinajstić information content (AvgIpc) is 2.47. The first-order chi connectivity index (χ1) is 10.2. The summed E-state index contributed by atoms with van der Waals surface area (Å²) in [6.07, 6.45) is 10.3. The highest BCUT2D eigenvalue weighted by atomic mass is 35.5. The summed E-state index contributed by atoms with van der Waals surface area (Å²) >= 11 is 0. The number of hydrogen-bond donors (Lipinski definition) is 1. The Morgan fingerprint density at radius 1 is 1.00 bits per heavy atom. The van der Waals surface area contributed by atoms with E-state index in [-0.39, 0.29) is 12.4 Å². The molecule has 1 heterocycles. The lowest BCUT2D eigenvalue weighted by molar-refractivity contribution is -0.142. The molecule has 0 radical (unpaired) electrons. The minimum absolute atomic E-state index is 0. The van der Waals surface area contributed by atoms with Gasteiger partial charge in [-0.3, -0.25) is 4.79 Å². The van der Waals surface area contributed by atoms with Crippen LogP contribution in [-0.2, 0) is 4.79 Å². The molecule has 5 rings (SSSR count). The van der Waals surface area contributed by atoms with Crippen LogP contribution in [0.5, 0.6) is 0 Å². The van der Waals surface area contributed by atoms with Crippen molar-refractivity contribution in [2.75, 3.05) is 20.1 Å². The third kappa shape index (κ3) is 3.03. The second kappa shape index (κ2) is 6.68. The summed E-state index contributed by atoms with van der Waals surface area (Å²) in [7, 11) is 2.11. The SMILES string of the molecule is CN(C(=O)CC1CCNCC1)C1C2CC3CC(C2)CC1C3.Cl. The zero-order chi connectivity index (χ0) is 14.4. The fraction of sp³-hybridized carbons (Fsp3) is 0.944. The lowest BCUT2D eigenvalue weighted by Gasteiger charge is -2.56. The summed E-state index contributed by atoms with van der Waals surface area (Å²) in [6, 6.07) is 0.576. The number of nitrogens with zero attached hydrogens (tertiary/aromatic N) is 1. The molecule has 4 aliphatic carbocycles. The van der Waals surface area contributed by atoms with Crippen LogP contribution in [0.1, 0.15) is 51.4 Å². The first-order valence-electron chi connectivity index (χ1n) is 9.17. The van der Waals surface area contributed by atoms with Crippen molar-refractivity contribution in [3.8, 4) is 0 Å². The summed E-state index contributed by atoms with van der Waals surface area (Å²) in [5.41, 5.74) is 0. The molecule has 0 spiro atoms. The van der Waals surface area contributed by atoms with E-state index < -0.39 is 0 Å². The lowest BCUT2D eigenvalue weighted by Crippen LogP contribution is -2.56. The Balaban J connectivity index is 0.00000144. The van der Waals surface area contributed by atoms with Gasteiger partial charge in [0.15, 0.2) is 0 Å². The quantitative estimate of drug-likeness (QED) is 0.864. The van der Waals surface area contributed by atoms with E-state index in [1.54, 1.807) is 0 Å². The van der Waals surface area contributed by atoms with Gasteiger partial charge in [-0.1, -0.05) is 0 Å². The summed E-state index contributed by atoms with van der Waals surface area (Å²) in [4.78, 5) is 14.9. The molecule has 126 valence electrons. The van der Waals surface area contributed by atoms with Crippen LogP contribution >= 0.6 is 12.4 Å². The number of amides is 1. The first kappa shape index (κ1) is 16.6. The molecule has 5 fully saturated rings. The molecule has 1 amide bonds. The minimum atomic E-state index is 0. The molecule has 4 saturated carbocycles. The van der Waals surface area contributed by atoms with E-state index in [1.165, 1.54) is 44.9 Å². The Morgan fingerprint density at radius 3 is 2.09 bits per heavy atom. The molecule has 0 aromatic carbocycles. The van der Waals surface area contributed by atoms with E-state index in [4.69, 9.17) is 0 Å². The van der Waals surface area contributed by atoms with Crippen molar-refractivity contribution in [1.82, 2.24) is 10.2 Å². The largest absolute Gasteiger partial charge is 0.342 e. The second-order valence-corrected chi connectivity index (χ2v) is 8.32. The summed E-state index contributed by atoms with van der Waals surface area (Å²) < 4.78 is 0. The Kier molecular flexibility index (Phi) is 5.04. The molecule has 4 heteroatoms. The molecule has 4 bridgehead atoms. The number of carbonyl (C=O) groups excluding carboxylic acids is 1. The maximum Gasteiger partial charge on any atom is 0.222 e. The Hall–Kier alpha value is -0.280. The smallest absolute Gasteiger partial charge is 0.222 e. The molecule has 22 heavy (non-hydrogen) atoms. The van der Waals surface area contributed by atoms with Crippen molar-refractivity contribution in [3.05, 3.63) is 0 Å². The van der Waals surface area contributed by atoms with E-state index >= 15 is 0 Å². The average molecular weight is 327 g/mol. The summed E-state index contributed by atoms with van der Waals surface area (Å²) in [6.45, 7) is 2.19. The molecule has 0 aromatic heterocycles. The fourth-order valence-electron chi connectivity index (χ4n) is 6.17. The maximum absolute atomic E-state index is 12.7.